The van der Waals surface area contributed by atoms with Crippen LogP contribution in [-0.2, 0) is 4.79 Å². The van der Waals surface area contributed by atoms with Crippen LogP contribution in [-0.4, -0.2) is 50.7 Å². The first kappa shape index (κ1) is 16.4. The number of rotatable bonds is 8. The highest BCUT2D eigenvalue weighted by atomic mass is 16.7. The number of fused-ring (bicyclic) bond motifs is 1. The number of benzene rings is 1. The topological polar surface area (TPSA) is 89.1 Å². The Morgan fingerprint density at radius 2 is 2.14 bits per heavy atom. The summed E-state index contributed by atoms with van der Waals surface area (Å²) in [6.45, 7) is 2.85. The molecule has 1 aromatic rings. The molecule has 0 aromatic heterocycles. The molecule has 2 atom stereocenters. The molecule has 0 radical (unpaired) electrons. The average molecular weight is 310 g/mol. The summed E-state index contributed by atoms with van der Waals surface area (Å²) in [7, 11) is 1.79. The lowest BCUT2D eigenvalue weighted by atomic mass is 10.1. The standard InChI is InChI=1S/C15H22N2O5/c1-10(6-16-2)15(19)17-7-11(18)8-20-12-3-4-13-14(5-12)22-9-21-13/h3-5,10-11,16,18H,6-9H2,1-2H3,(H,17,19). The third kappa shape index (κ3) is 4.51. The van der Waals surface area contributed by atoms with Crippen LogP contribution in [0.25, 0.3) is 0 Å². The number of amides is 1. The van der Waals surface area contributed by atoms with Crippen LogP contribution in [0.1, 0.15) is 6.92 Å². The zero-order valence-electron chi connectivity index (χ0n) is 12.8. The van der Waals surface area contributed by atoms with Crippen LogP contribution < -0.4 is 24.8 Å². The quantitative estimate of drug-likeness (QED) is 0.632. The van der Waals surface area contributed by atoms with E-state index in [1.165, 1.54) is 0 Å². The zero-order valence-corrected chi connectivity index (χ0v) is 12.8. The molecular formula is C15H22N2O5. The van der Waals surface area contributed by atoms with Crippen LogP contribution in [0.3, 0.4) is 0 Å². The number of hydrogen-bond acceptors (Lipinski definition) is 6. The van der Waals surface area contributed by atoms with Crippen LogP contribution in [0, 0.1) is 5.92 Å². The maximum atomic E-state index is 11.7. The van der Waals surface area contributed by atoms with Crippen molar-refractivity contribution in [2.45, 2.75) is 13.0 Å². The molecule has 0 spiro atoms. The fraction of sp³-hybridized carbons (Fsp3) is 0.533. The Labute approximate surface area is 129 Å². The molecular weight excluding hydrogens is 288 g/mol. The molecule has 7 nitrogen and oxygen atoms in total. The molecule has 2 unspecified atom stereocenters. The van der Waals surface area contributed by atoms with E-state index >= 15 is 0 Å². The minimum absolute atomic E-state index is 0.0837. The molecule has 3 N–H and O–H groups in total. The van der Waals surface area contributed by atoms with Gasteiger partial charge < -0.3 is 30.0 Å². The van der Waals surface area contributed by atoms with E-state index in [1.807, 2.05) is 6.92 Å². The lowest BCUT2D eigenvalue weighted by molar-refractivity contribution is -0.124. The average Bonchev–Trinajstić information content (AvgIpc) is 2.98. The van der Waals surface area contributed by atoms with E-state index in [2.05, 4.69) is 10.6 Å². The van der Waals surface area contributed by atoms with Crippen molar-refractivity contribution in [3.8, 4) is 17.2 Å². The molecule has 2 rings (SSSR count). The highest BCUT2D eigenvalue weighted by Gasteiger charge is 2.16. The molecule has 0 saturated heterocycles. The smallest absolute Gasteiger partial charge is 0.231 e. The second kappa shape index (κ2) is 7.86. The minimum atomic E-state index is -0.781. The minimum Gasteiger partial charge on any atom is -0.491 e. The van der Waals surface area contributed by atoms with E-state index in [0.717, 1.165) is 0 Å². The maximum Gasteiger partial charge on any atom is 0.231 e. The first-order valence-corrected chi connectivity index (χ1v) is 7.23. The Morgan fingerprint density at radius 1 is 1.36 bits per heavy atom. The molecule has 0 fully saturated rings. The van der Waals surface area contributed by atoms with Crippen molar-refractivity contribution < 1.29 is 24.1 Å². The SMILES string of the molecule is CNCC(C)C(=O)NCC(O)COc1ccc2c(c1)OCO2. The van der Waals surface area contributed by atoms with Crippen molar-refractivity contribution in [2.24, 2.45) is 5.92 Å². The Bertz CT molecular complexity index is 509. The normalized spacial score (nSPS) is 15.2. The van der Waals surface area contributed by atoms with Crippen molar-refractivity contribution in [1.29, 1.82) is 0 Å². The summed E-state index contributed by atoms with van der Waals surface area (Å²) in [6, 6.07) is 5.21. The summed E-state index contributed by atoms with van der Waals surface area (Å²) in [5.41, 5.74) is 0. The van der Waals surface area contributed by atoms with Crippen molar-refractivity contribution in [3.63, 3.8) is 0 Å². The van der Waals surface area contributed by atoms with Gasteiger partial charge in [-0.15, -0.1) is 0 Å². The number of aliphatic hydroxyl groups excluding tert-OH is 1. The van der Waals surface area contributed by atoms with Crippen molar-refractivity contribution in [2.75, 3.05) is 33.5 Å². The molecule has 122 valence electrons. The summed E-state index contributed by atoms with van der Waals surface area (Å²) in [4.78, 5) is 11.7. The highest BCUT2D eigenvalue weighted by molar-refractivity contribution is 5.78. The molecule has 1 aromatic carbocycles. The first-order valence-electron chi connectivity index (χ1n) is 7.23. The molecule has 1 heterocycles. The number of carbonyl (C=O) groups is 1. The molecule has 7 heteroatoms. The molecule has 0 bridgehead atoms. The van der Waals surface area contributed by atoms with Gasteiger partial charge in [-0.05, 0) is 19.2 Å². The summed E-state index contributed by atoms with van der Waals surface area (Å²) < 4.78 is 15.9. The number of ether oxygens (including phenoxy) is 3. The predicted octanol–water partition coefficient (Wildman–Crippen LogP) is 0.127. The van der Waals surface area contributed by atoms with Gasteiger partial charge in [0.2, 0.25) is 12.7 Å². The molecule has 0 aliphatic carbocycles. The fourth-order valence-corrected chi connectivity index (χ4v) is 2.01. The Kier molecular flexibility index (Phi) is 5.85. The van der Waals surface area contributed by atoms with Gasteiger partial charge in [0.15, 0.2) is 11.5 Å². The van der Waals surface area contributed by atoms with Gasteiger partial charge in [0.05, 0.1) is 0 Å². The van der Waals surface area contributed by atoms with E-state index in [4.69, 9.17) is 14.2 Å². The van der Waals surface area contributed by atoms with Crippen LogP contribution in [0.4, 0.5) is 0 Å². The van der Waals surface area contributed by atoms with Crippen LogP contribution in [0.5, 0.6) is 17.2 Å². The molecule has 0 saturated carbocycles. The van der Waals surface area contributed by atoms with Gasteiger partial charge in [-0.3, -0.25) is 4.79 Å². The summed E-state index contributed by atoms with van der Waals surface area (Å²) >= 11 is 0. The predicted molar refractivity (Wildman–Crippen MR) is 80.2 cm³/mol. The van der Waals surface area contributed by atoms with E-state index in [0.29, 0.717) is 23.8 Å². The van der Waals surface area contributed by atoms with Gasteiger partial charge in [0.25, 0.3) is 0 Å². The Hall–Kier alpha value is -1.99. The Morgan fingerprint density at radius 3 is 2.91 bits per heavy atom. The first-order chi connectivity index (χ1) is 10.6. The van der Waals surface area contributed by atoms with Crippen LogP contribution in [0.15, 0.2) is 18.2 Å². The van der Waals surface area contributed by atoms with E-state index in [9.17, 15) is 9.90 Å². The molecule has 1 aliphatic heterocycles. The van der Waals surface area contributed by atoms with Gasteiger partial charge in [0.1, 0.15) is 18.5 Å². The molecule has 1 aliphatic rings. The van der Waals surface area contributed by atoms with E-state index in [-0.39, 0.29) is 31.8 Å². The number of hydrogen-bond donors (Lipinski definition) is 3. The molecule has 22 heavy (non-hydrogen) atoms. The van der Waals surface area contributed by atoms with E-state index < -0.39 is 6.10 Å². The van der Waals surface area contributed by atoms with Gasteiger partial charge in [-0.2, -0.15) is 0 Å². The lowest BCUT2D eigenvalue weighted by Crippen LogP contribution is -2.40. The van der Waals surface area contributed by atoms with E-state index in [1.54, 1.807) is 25.2 Å². The monoisotopic (exact) mass is 310 g/mol. The third-order valence-corrected chi connectivity index (χ3v) is 3.26. The second-order valence-corrected chi connectivity index (χ2v) is 5.18. The second-order valence-electron chi connectivity index (χ2n) is 5.18. The summed E-state index contributed by atoms with van der Waals surface area (Å²) in [6.07, 6.45) is -0.781. The Balaban J connectivity index is 1.71. The number of nitrogens with one attached hydrogen (secondary N) is 2. The highest BCUT2D eigenvalue weighted by Crippen LogP contribution is 2.35. The van der Waals surface area contributed by atoms with Gasteiger partial charge in [-0.25, -0.2) is 0 Å². The number of carbonyl (C=O) groups excluding carboxylic acids is 1. The van der Waals surface area contributed by atoms with Gasteiger partial charge in [0, 0.05) is 25.1 Å². The lowest BCUT2D eigenvalue weighted by Gasteiger charge is -2.15. The molecule has 1 amide bonds. The van der Waals surface area contributed by atoms with Crippen molar-refractivity contribution >= 4 is 5.91 Å². The van der Waals surface area contributed by atoms with Crippen molar-refractivity contribution in [1.82, 2.24) is 10.6 Å². The number of aliphatic hydroxyl groups is 1. The fourth-order valence-electron chi connectivity index (χ4n) is 2.01. The maximum absolute atomic E-state index is 11.7. The zero-order chi connectivity index (χ0) is 15.9. The van der Waals surface area contributed by atoms with Gasteiger partial charge in [-0.1, -0.05) is 6.92 Å². The van der Waals surface area contributed by atoms with Crippen LogP contribution >= 0.6 is 0 Å². The summed E-state index contributed by atoms with van der Waals surface area (Å²) in [5.74, 6) is 1.64. The largest absolute Gasteiger partial charge is 0.491 e. The third-order valence-electron chi connectivity index (χ3n) is 3.26. The van der Waals surface area contributed by atoms with Crippen molar-refractivity contribution in [3.05, 3.63) is 18.2 Å². The van der Waals surface area contributed by atoms with Crippen LogP contribution in [0.2, 0.25) is 0 Å². The van der Waals surface area contributed by atoms with Gasteiger partial charge >= 0.3 is 0 Å². The summed E-state index contributed by atoms with van der Waals surface area (Å²) in [5, 5.41) is 15.5.